The molecule has 0 aromatic carbocycles. The Morgan fingerprint density at radius 1 is 1.40 bits per heavy atom. The Balaban J connectivity index is 2.58. The summed E-state index contributed by atoms with van der Waals surface area (Å²) in [7, 11) is 5.08. The van der Waals surface area contributed by atoms with Gasteiger partial charge >= 0.3 is 5.97 Å². The van der Waals surface area contributed by atoms with Gasteiger partial charge in [0.05, 0.1) is 13.7 Å². The summed E-state index contributed by atoms with van der Waals surface area (Å²) in [6.45, 7) is 5.89. The first-order chi connectivity index (χ1) is 9.64. The van der Waals surface area contributed by atoms with Gasteiger partial charge in [0, 0.05) is 13.7 Å². The molecule has 118 valence electrons. The minimum atomic E-state index is -0.477. The minimum absolute atomic E-state index is 0.109. The Kier molecular flexibility index (Phi) is 7.48. The largest absolute Gasteiger partial charge is 0.468 e. The highest BCUT2D eigenvalue weighted by atomic mass is 16.5. The van der Waals surface area contributed by atoms with Crippen LogP contribution in [0.3, 0.4) is 0 Å². The standard InChI is InChI=1S/C15H30N2O3/c1-5-17(11-12-19-3)10-8-13-7-6-9-15(13,16-2)14(18)20-4/h13,16H,5-12H2,1-4H3. The van der Waals surface area contributed by atoms with Crippen molar-refractivity contribution in [1.29, 1.82) is 0 Å². The Bertz CT molecular complexity index is 299. The maximum Gasteiger partial charge on any atom is 0.326 e. The zero-order valence-corrected chi connectivity index (χ0v) is 13.4. The van der Waals surface area contributed by atoms with Crippen LogP contribution in [0.1, 0.15) is 32.6 Å². The molecule has 0 amide bonds. The predicted octanol–water partition coefficient (Wildman–Crippen LogP) is 1.28. The number of hydrogen-bond acceptors (Lipinski definition) is 5. The summed E-state index contributed by atoms with van der Waals surface area (Å²) in [5.74, 6) is 0.249. The van der Waals surface area contributed by atoms with Gasteiger partial charge in [-0.1, -0.05) is 13.3 Å². The molecule has 0 bridgehead atoms. The second-order valence-corrected chi connectivity index (χ2v) is 5.52. The lowest BCUT2D eigenvalue weighted by atomic mass is 9.84. The minimum Gasteiger partial charge on any atom is -0.468 e. The van der Waals surface area contributed by atoms with Gasteiger partial charge in [0.25, 0.3) is 0 Å². The Hall–Kier alpha value is -0.650. The van der Waals surface area contributed by atoms with Crippen molar-refractivity contribution >= 4 is 5.97 Å². The molecule has 0 radical (unpaired) electrons. The number of esters is 1. The first-order valence-electron chi connectivity index (χ1n) is 7.63. The monoisotopic (exact) mass is 286 g/mol. The fraction of sp³-hybridized carbons (Fsp3) is 0.933. The molecule has 0 aromatic rings. The highest BCUT2D eigenvalue weighted by Gasteiger charge is 2.48. The number of likely N-dealkylation sites (N-methyl/N-ethyl adjacent to an activating group) is 2. The van der Waals surface area contributed by atoms with E-state index < -0.39 is 5.54 Å². The number of rotatable bonds is 9. The van der Waals surface area contributed by atoms with Crippen molar-refractivity contribution in [1.82, 2.24) is 10.2 Å². The van der Waals surface area contributed by atoms with Crippen molar-refractivity contribution < 1.29 is 14.3 Å². The lowest BCUT2D eigenvalue weighted by Crippen LogP contribution is -2.54. The number of ether oxygens (including phenoxy) is 2. The molecule has 1 aliphatic carbocycles. The Morgan fingerprint density at radius 2 is 2.15 bits per heavy atom. The van der Waals surface area contributed by atoms with Gasteiger partial charge in [0.1, 0.15) is 5.54 Å². The van der Waals surface area contributed by atoms with E-state index in [0.717, 1.165) is 51.9 Å². The van der Waals surface area contributed by atoms with Crippen LogP contribution in [0.4, 0.5) is 0 Å². The molecular weight excluding hydrogens is 256 g/mol. The van der Waals surface area contributed by atoms with Crippen molar-refractivity contribution in [3.63, 3.8) is 0 Å². The van der Waals surface area contributed by atoms with Crippen molar-refractivity contribution in [2.45, 2.75) is 38.1 Å². The van der Waals surface area contributed by atoms with Gasteiger partial charge in [-0.15, -0.1) is 0 Å². The van der Waals surface area contributed by atoms with Crippen LogP contribution in [0, 0.1) is 5.92 Å². The van der Waals surface area contributed by atoms with Crippen molar-refractivity contribution in [2.24, 2.45) is 5.92 Å². The van der Waals surface area contributed by atoms with Gasteiger partial charge in [0.15, 0.2) is 0 Å². The van der Waals surface area contributed by atoms with Crippen LogP contribution in [-0.2, 0) is 14.3 Å². The third-order valence-corrected chi connectivity index (χ3v) is 4.67. The molecule has 20 heavy (non-hydrogen) atoms. The maximum atomic E-state index is 12.1. The summed E-state index contributed by atoms with van der Waals surface area (Å²) in [6.07, 6.45) is 4.08. The first-order valence-corrected chi connectivity index (χ1v) is 7.63. The lowest BCUT2D eigenvalue weighted by molar-refractivity contribution is -0.150. The molecule has 1 rings (SSSR count). The van der Waals surface area contributed by atoms with Gasteiger partial charge in [-0.2, -0.15) is 0 Å². The average Bonchev–Trinajstić information content (AvgIpc) is 2.90. The molecule has 5 heteroatoms. The normalized spacial score (nSPS) is 26.1. The van der Waals surface area contributed by atoms with E-state index in [-0.39, 0.29) is 5.97 Å². The van der Waals surface area contributed by atoms with Gasteiger partial charge in [-0.05, 0) is 45.3 Å². The van der Waals surface area contributed by atoms with Gasteiger partial charge < -0.3 is 19.7 Å². The fourth-order valence-electron chi connectivity index (χ4n) is 3.34. The van der Waals surface area contributed by atoms with Crippen LogP contribution in [-0.4, -0.2) is 63.9 Å². The molecule has 0 spiro atoms. The van der Waals surface area contributed by atoms with Crippen molar-refractivity contribution in [3.8, 4) is 0 Å². The molecule has 1 aliphatic rings. The number of nitrogens with one attached hydrogen (secondary N) is 1. The van der Waals surface area contributed by atoms with Crippen LogP contribution in [0.25, 0.3) is 0 Å². The molecule has 2 atom stereocenters. The molecular formula is C15H30N2O3. The van der Waals surface area contributed by atoms with Gasteiger partial charge in [-0.3, -0.25) is 4.79 Å². The molecule has 0 aliphatic heterocycles. The number of carbonyl (C=O) groups excluding carboxylic acids is 1. The summed E-state index contributed by atoms with van der Waals surface area (Å²) in [4.78, 5) is 14.5. The van der Waals surface area contributed by atoms with Gasteiger partial charge in [0.2, 0.25) is 0 Å². The third kappa shape index (κ3) is 3.93. The van der Waals surface area contributed by atoms with Crippen molar-refractivity contribution in [3.05, 3.63) is 0 Å². The van der Waals surface area contributed by atoms with Crippen LogP contribution in [0.15, 0.2) is 0 Å². The molecule has 0 heterocycles. The van der Waals surface area contributed by atoms with E-state index in [9.17, 15) is 4.79 Å². The molecule has 5 nitrogen and oxygen atoms in total. The zero-order valence-electron chi connectivity index (χ0n) is 13.4. The quantitative estimate of drug-likeness (QED) is 0.647. The van der Waals surface area contributed by atoms with E-state index in [1.54, 1.807) is 7.11 Å². The van der Waals surface area contributed by atoms with E-state index in [2.05, 4.69) is 17.1 Å². The first kappa shape index (κ1) is 17.4. The van der Waals surface area contributed by atoms with Crippen molar-refractivity contribution in [2.75, 3.05) is 47.5 Å². The summed E-state index contributed by atoms with van der Waals surface area (Å²) in [5.41, 5.74) is -0.477. The predicted molar refractivity (Wildman–Crippen MR) is 79.8 cm³/mol. The number of nitrogens with zero attached hydrogens (tertiary/aromatic N) is 1. The molecule has 1 saturated carbocycles. The molecule has 0 aromatic heterocycles. The molecule has 1 N–H and O–H groups in total. The average molecular weight is 286 g/mol. The zero-order chi connectivity index (χ0) is 15.0. The van der Waals surface area contributed by atoms with Crippen LogP contribution >= 0.6 is 0 Å². The topological polar surface area (TPSA) is 50.8 Å². The van der Waals surface area contributed by atoms with Crippen LogP contribution in [0.5, 0.6) is 0 Å². The Morgan fingerprint density at radius 3 is 2.70 bits per heavy atom. The number of methoxy groups -OCH3 is 2. The smallest absolute Gasteiger partial charge is 0.326 e. The molecule has 2 unspecified atom stereocenters. The van der Waals surface area contributed by atoms with Crippen LogP contribution < -0.4 is 5.32 Å². The Labute approximate surface area is 123 Å². The van der Waals surface area contributed by atoms with Crippen LogP contribution in [0.2, 0.25) is 0 Å². The van der Waals surface area contributed by atoms with E-state index in [1.807, 2.05) is 7.05 Å². The maximum absolute atomic E-state index is 12.1. The SMILES string of the molecule is CCN(CCOC)CCC1CCCC1(NC)C(=O)OC. The highest BCUT2D eigenvalue weighted by molar-refractivity contribution is 5.81. The van der Waals surface area contributed by atoms with Gasteiger partial charge in [-0.25, -0.2) is 0 Å². The highest BCUT2D eigenvalue weighted by Crippen LogP contribution is 2.38. The van der Waals surface area contributed by atoms with E-state index in [4.69, 9.17) is 9.47 Å². The summed E-state index contributed by atoms with van der Waals surface area (Å²) >= 11 is 0. The summed E-state index contributed by atoms with van der Waals surface area (Å²) in [6, 6.07) is 0. The fourth-order valence-corrected chi connectivity index (χ4v) is 3.34. The summed E-state index contributed by atoms with van der Waals surface area (Å²) in [5, 5.41) is 3.25. The number of carbonyl (C=O) groups is 1. The molecule has 1 fully saturated rings. The molecule has 0 saturated heterocycles. The second-order valence-electron chi connectivity index (χ2n) is 5.52. The van der Waals surface area contributed by atoms with E-state index >= 15 is 0 Å². The van der Waals surface area contributed by atoms with E-state index in [1.165, 1.54) is 7.11 Å². The second kappa shape index (κ2) is 8.60. The third-order valence-electron chi connectivity index (χ3n) is 4.67. The summed E-state index contributed by atoms with van der Waals surface area (Å²) < 4.78 is 10.2. The number of hydrogen-bond donors (Lipinski definition) is 1. The van der Waals surface area contributed by atoms with E-state index in [0.29, 0.717) is 5.92 Å². The lowest BCUT2D eigenvalue weighted by Gasteiger charge is -2.33.